The number of benzene rings is 1. The van der Waals surface area contributed by atoms with Gasteiger partial charge in [-0.1, -0.05) is 19.1 Å². The molecule has 5 heteroatoms. The van der Waals surface area contributed by atoms with Crippen LogP contribution in [0.5, 0.6) is 0 Å². The zero-order valence-electron chi connectivity index (χ0n) is 12.3. The number of halogens is 2. The third-order valence-corrected chi connectivity index (χ3v) is 3.32. The lowest BCUT2D eigenvalue weighted by Crippen LogP contribution is -2.51. The van der Waals surface area contributed by atoms with E-state index in [0.717, 1.165) is 12.5 Å². The number of carbonyl (C=O) groups is 1. The number of esters is 1. The van der Waals surface area contributed by atoms with Gasteiger partial charge in [0.25, 0.3) is 0 Å². The lowest BCUT2D eigenvalue weighted by atomic mass is 9.90. The van der Waals surface area contributed by atoms with Crippen LogP contribution in [0.15, 0.2) is 18.2 Å². The van der Waals surface area contributed by atoms with Crippen molar-refractivity contribution in [2.45, 2.75) is 45.7 Å². The Morgan fingerprint density at radius 3 is 2.60 bits per heavy atom. The van der Waals surface area contributed by atoms with Crippen LogP contribution in [0.2, 0.25) is 0 Å². The lowest BCUT2D eigenvalue weighted by molar-refractivity contribution is -0.151. The zero-order valence-corrected chi connectivity index (χ0v) is 12.3. The summed E-state index contributed by atoms with van der Waals surface area (Å²) < 4.78 is 32.5. The van der Waals surface area contributed by atoms with E-state index in [-0.39, 0.29) is 18.2 Å². The molecule has 0 spiro atoms. The van der Waals surface area contributed by atoms with Crippen molar-refractivity contribution in [3.05, 3.63) is 35.4 Å². The fourth-order valence-electron chi connectivity index (χ4n) is 2.01. The molecule has 0 aliphatic heterocycles. The third-order valence-electron chi connectivity index (χ3n) is 3.32. The SMILES string of the molecule is CCOC(=O)C(C)(NC(C)CC)c1cccc(F)c1F. The van der Waals surface area contributed by atoms with Crippen LogP contribution in [0.4, 0.5) is 8.78 Å². The molecule has 0 amide bonds. The summed E-state index contributed by atoms with van der Waals surface area (Å²) in [5.41, 5.74) is -1.46. The van der Waals surface area contributed by atoms with Gasteiger partial charge in [0.15, 0.2) is 11.6 Å². The summed E-state index contributed by atoms with van der Waals surface area (Å²) in [5, 5.41) is 3.03. The first kappa shape index (κ1) is 16.6. The van der Waals surface area contributed by atoms with Gasteiger partial charge >= 0.3 is 5.97 Å². The highest BCUT2D eigenvalue weighted by Crippen LogP contribution is 2.27. The van der Waals surface area contributed by atoms with Crippen molar-refractivity contribution >= 4 is 5.97 Å². The molecule has 0 saturated heterocycles. The molecule has 0 radical (unpaired) electrons. The maximum atomic E-state index is 14.0. The quantitative estimate of drug-likeness (QED) is 0.816. The molecular weight excluding hydrogens is 264 g/mol. The van der Waals surface area contributed by atoms with Gasteiger partial charge in [0.05, 0.1) is 6.61 Å². The van der Waals surface area contributed by atoms with E-state index >= 15 is 0 Å². The van der Waals surface area contributed by atoms with Crippen molar-refractivity contribution in [3.8, 4) is 0 Å². The van der Waals surface area contributed by atoms with Gasteiger partial charge in [-0.2, -0.15) is 0 Å². The van der Waals surface area contributed by atoms with Gasteiger partial charge in [-0.05, 0) is 33.3 Å². The van der Waals surface area contributed by atoms with Crippen molar-refractivity contribution in [1.82, 2.24) is 5.32 Å². The topological polar surface area (TPSA) is 38.3 Å². The Bertz CT molecular complexity index is 479. The fourth-order valence-corrected chi connectivity index (χ4v) is 2.01. The number of carbonyl (C=O) groups excluding carboxylic acids is 1. The monoisotopic (exact) mass is 285 g/mol. The second kappa shape index (κ2) is 6.79. The molecule has 3 nitrogen and oxygen atoms in total. The maximum Gasteiger partial charge on any atom is 0.330 e. The number of hydrogen-bond acceptors (Lipinski definition) is 3. The molecule has 0 bridgehead atoms. The number of hydrogen-bond donors (Lipinski definition) is 1. The molecular formula is C15H21F2NO2. The largest absolute Gasteiger partial charge is 0.464 e. The Hall–Kier alpha value is -1.49. The Balaban J connectivity index is 3.29. The molecule has 2 atom stereocenters. The molecule has 0 aromatic heterocycles. The Morgan fingerprint density at radius 1 is 1.40 bits per heavy atom. The molecule has 1 rings (SSSR count). The van der Waals surface area contributed by atoms with Crippen LogP contribution in [0, 0.1) is 11.6 Å². The zero-order chi connectivity index (χ0) is 15.3. The van der Waals surface area contributed by atoms with Gasteiger partial charge < -0.3 is 4.74 Å². The number of rotatable bonds is 6. The first-order chi connectivity index (χ1) is 9.36. The molecule has 0 aliphatic rings. The molecule has 0 heterocycles. The summed E-state index contributed by atoms with van der Waals surface area (Å²) in [6, 6.07) is 3.74. The standard InChI is InChI=1S/C15H21F2NO2/c1-5-10(3)18-15(4,14(19)20-6-2)11-8-7-9-12(16)13(11)17/h7-10,18H,5-6H2,1-4H3. The highest BCUT2D eigenvalue weighted by atomic mass is 19.2. The first-order valence-corrected chi connectivity index (χ1v) is 6.76. The normalized spacial score (nSPS) is 15.5. The Kier molecular flexibility index (Phi) is 5.62. The van der Waals surface area contributed by atoms with Crippen LogP contribution in [0.1, 0.15) is 39.7 Å². The molecule has 0 fully saturated rings. The van der Waals surface area contributed by atoms with Gasteiger partial charge in [0.2, 0.25) is 0 Å². The van der Waals surface area contributed by atoms with Crippen molar-refractivity contribution in [3.63, 3.8) is 0 Å². The molecule has 0 aliphatic carbocycles. The van der Waals surface area contributed by atoms with Crippen LogP contribution < -0.4 is 5.32 Å². The summed E-state index contributed by atoms with van der Waals surface area (Å²) in [5.74, 6) is -2.63. The van der Waals surface area contributed by atoms with Gasteiger partial charge in [-0.3, -0.25) is 5.32 Å². The highest BCUT2D eigenvalue weighted by molar-refractivity contribution is 5.82. The van der Waals surface area contributed by atoms with E-state index in [1.54, 1.807) is 6.92 Å². The van der Waals surface area contributed by atoms with Crippen LogP contribution in [0.3, 0.4) is 0 Å². The van der Waals surface area contributed by atoms with E-state index in [9.17, 15) is 13.6 Å². The first-order valence-electron chi connectivity index (χ1n) is 6.76. The van der Waals surface area contributed by atoms with E-state index in [1.165, 1.54) is 19.1 Å². The number of ether oxygens (including phenoxy) is 1. The number of nitrogens with one attached hydrogen (secondary N) is 1. The second-order valence-corrected chi connectivity index (χ2v) is 4.90. The Morgan fingerprint density at radius 2 is 2.05 bits per heavy atom. The van der Waals surface area contributed by atoms with E-state index in [1.807, 2.05) is 13.8 Å². The molecule has 20 heavy (non-hydrogen) atoms. The second-order valence-electron chi connectivity index (χ2n) is 4.90. The molecule has 0 saturated carbocycles. The van der Waals surface area contributed by atoms with Gasteiger partial charge in [-0.25, -0.2) is 13.6 Å². The van der Waals surface area contributed by atoms with Gasteiger partial charge in [0.1, 0.15) is 5.54 Å². The van der Waals surface area contributed by atoms with Crippen LogP contribution in [-0.4, -0.2) is 18.6 Å². The lowest BCUT2D eigenvalue weighted by Gasteiger charge is -2.32. The van der Waals surface area contributed by atoms with E-state index in [2.05, 4.69) is 5.32 Å². The minimum atomic E-state index is -1.42. The van der Waals surface area contributed by atoms with E-state index < -0.39 is 23.1 Å². The van der Waals surface area contributed by atoms with Crippen LogP contribution >= 0.6 is 0 Å². The smallest absolute Gasteiger partial charge is 0.330 e. The molecule has 1 aromatic rings. The van der Waals surface area contributed by atoms with Gasteiger partial charge in [-0.15, -0.1) is 0 Å². The average molecular weight is 285 g/mol. The molecule has 112 valence electrons. The van der Waals surface area contributed by atoms with Crippen molar-refractivity contribution in [2.24, 2.45) is 0 Å². The summed E-state index contributed by atoms with van der Waals surface area (Å²) in [7, 11) is 0. The summed E-state index contributed by atoms with van der Waals surface area (Å²) in [6.45, 7) is 7.16. The minimum absolute atomic E-state index is 0.0451. The Labute approximate surface area is 118 Å². The molecule has 1 aromatic carbocycles. The summed E-state index contributed by atoms with van der Waals surface area (Å²) in [6.07, 6.45) is 0.742. The summed E-state index contributed by atoms with van der Waals surface area (Å²) in [4.78, 5) is 12.2. The highest BCUT2D eigenvalue weighted by Gasteiger charge is 2.40. The minimum Gasteiger partial charge on any atom is -0.464 e. The van der Waals surface area contributed by atoms with Crippen LogP contribution in [0.25, 0.3) is 0 Å². The third kappa shape index (κ3) is 3.33. The van der Waals surface area contributed by atoms with Crippen LogP contribution in [-0.2, 0) is 15.1 Å². The summed E-state index contributed by atoms with van der Waals surface area (Å²) >= 11 is 0. The molecule has 2 unspecified atom stereocenters. The molecule has 1 N–H and O–H groups in total. The van der Waals surface area contributed by atoms with Crippen molar-refractivity contribution < 1.29 is 18.3 Å². The van der Waals surface area contributed by atoms with Crippen molar-refractivity contribution in [1.29, 1.82) is 0 Å². The predicted octanol–water partition coefficient (Wildman–Crippen LogP) is 3.13. The van der Waals surface area contributed by atoms with Gasteiger partial charge in [0, 0.05) is 11.6 Å². The van der Waals surface area contributed by atoms with Crippen molar-refractivity contribution in [2.75, 3.05) is 6.61 Å². The predicted molar refractivity (Wildman–Crippen MR) is 73.2 cm³/mol. The van der Waals surface area contributed by atoms with E-state index in [4.69, 9.17) is 4.74 Å². The fraction of sp³-hybridized carbons (Fsp3) is 0.533. The van der Waals surface area contributed by atoms with E-state index in [0.29, 0.717) is 0 Å². The maximum absolute atomic E-state index is 14.0. The average Bonchev–Trinajstić information content (AvgIpc) is 2.41.